The Morgan fingerprint density at radius 1 is 1.16 bits per heavy atom. The lowest BCUT2D eigenvalue weighted by molar-refractivity contribution is -0.00242. The van der Waals surface area contributed by atoms with E-state index < -0.39 is 0 Å². The van der Waals surface area contributed by atoms with Crippen LogP contribution >= 0.6 is 0 Å². The van der Waals surface area contributed by atoms with Gasteiger partial charge in [0.15, 0.2) is 17.3 Å². The van der Waals surface area contributed by atoms with Crippen LogP contribution in [0.5, 0.6) is 11.5 Å². The number of fused-ring (bicyclic) bond motifs is 1. The summed E-state index contributed by atoms with van der Waals surface area (Å²) in [7, 11) is 0. The molecular weight excluding hydrogens is 414 g/mol. The summed E-state index contributed by atoms with van der Waals surface area (Å²) in [4.78, 5) is 22.9. The lowest BCUT2D eigenvalue weighted by Gasteiger charge is -2.32. The summed E-state index contributed by atoms with van der Waals surface area (Å²) in [5.41, 5.74) is 1.47. The first-order chi connectivity index (χ1) is 15.7. The van der Waals surface area contributed by atoms with Crippen molar-refractivity contribution in [3.05, 3.63) is 48.5 Å². The number of urea groups is 1. The van der Waals surface area contributed by atoms with Gasteiger partial charge in [0.2, 0.25) is 0 Å². The molecule has 10 nitrogen and oxygen atoms in total. The number of anilines is 1. The number of benzene rings is 1. The minimum absolute atomic E-state index is 0.0994. The van der Waals surface area contributed by atoms with Crippen LogP contribution < -0.4 is 14.8 Å². The molecule has 166 valence electrons. The quantitative estimate of drug-likeness (QED) is 0.648. The summed E-state index contributed by atoms with van der Waals surface area (Å²) >= 11 is 0. The molecule has 0 spiro atoms. The fourth-order valence-corrected chi connectivity index (χ4v) is 3.70. The molecule has 2 amide bonds. The maximum atomic E-state index is 12.8. The monoisotopic (exact) mass is 437 g/mol. The zero-order valence-corrected chi connectivity index (χ0v) is 17.4. The molecule has 0 bridgehead atoms. The van der Waals surface area contributed by atoms with E-state index in [2.05, 4.69) is 20.4 Å². The van der Waals surface area contributed by atoms with E-state index >= 15 is 0 Å². The molecule has 1 N–H and O–H groups in total. The standard InChI is InChI=1S/C22H23N5O5/c28-22(24-16-3-4-18-19(12-16)30-11-10-29-18)27-9-1-2-17(13-27)31-14-20-25-21(32-26-20)15-5-7-23-8-6-15/h3-8,12,17H,1-2,9-11,13-14H2,(H,24,28). The van der Waals surface area contributed by atoms with Gasteiger partial charge in [0.05, 0.1) is 6.10 Å². The Hall–Kier alpha value is -3.66. The molecule has 2 aliphatic heterocycles. The summed E-state index contributed by atoms with van der Waals surface area (Å²) in [5, 5.41) is 6.90. The number of hydrogen-bond acceptors (Lipinski definition) is 8. The molecule has 2 aromatic heterocycles. The lowest BCUT2D eigenvalue weighted by Crippen LogP contribution is -2.45. The fraction of sp³-hybridized carbons (Fsp3) is 0.364. The summed E-state index contributed by atoms with van der Waals surface area (Å²) < 4.78 is 22.4. The third-order valence-electron chi connectivity index (χ3n) is 5.30. The molecule has 1 fully saturated rings. The van der Waals surface area contributed by atoms with Crippen LogP contribution in [0, 0.1) is 0 Å². The molecule has 0 radical (unpaired) electrons. The van der Waals surface area contributed by atoms with Gasteiger partial charge in [-0.2, -0.15) is 4.98 Å². The largest absolute Gasteiger partial charge is 0.486 e. The van der Waals surface area contributed by atoms with Crippen molar-refractivity contribution in [3.8, 4) is 23.0 Å². The molecule has 10 heteroatoms. The van der Waals surface area contributed by atoms with Crippen LogP contribution in [0.2, 0.25) is 0 Å². The summed E-state index contributed by atoms with van der Waals surface area (Å²) in [6.07, 6.45) is 4.96. The zero-order chi connectivity index (χ0) is 21.8. The average Bonchev–Trinajstić information content (AvgIpc) is 3.33. The number of rotatable bonds is 5. The van der Waals surface area contributed by atoms with Crippen molar-refractivity contribution < 1.29 is 23.5 Å². The molecule has 1 atom stereocenters. The van der Waals surface area contributed by atoms with Gasteiger partial charge >= 0.3 is 6.03 Å². The minimum atomic E-state index is -0.172. The van der Waals surface area contributed by atoms with Gasteiger partial charge in [0.1, 0.15) is 19.8 Å². The van der Waals surface area contributed by atoms with Gasteiger partial charge in [-0.1, -0.05) is 5.16 Å². The van der Waals surface area contributed by atoms with Gasteiger partial charge in [0, 0.05) is 42.8 Å². The van der Waals surface area contributed by atoms with E-state index in [1.165, 1.54) is 0 Å². The van der Waals surface area contributed by atoms with Gasteiger partial charge in [0.25, 0.3) is 5.89 Å². The number of piperidine rings is 1. The zero-order valence-electron chi connectivity index (χ0n) is 17.4. The summed E-state index contributed by atoms with van der Waals surface area (Å²) in [6.45, 7) is 2.41. The number of nitrogens with zero attached hydrogens (tertiary/aromatic N) is 4. The van der Waals surface area contributed by atoms with Crippen LogP contribution in [-0.4, -0.2) is 58.5 Å². The highest BCUT2D eigenvalue weighted by molar-refractivity contribution is 5.89. The van der Waals surface area contributed by atoms with Crippen molar-refractivity contribution in [1.82, 2.24) is 20.0 Å². The highest BCUT2D eigenvalue weighted by atomic mass is 16.6. The Morgan fingerprint density at radius 2 is 2.00 bits per heavy atom. The normalized spacial score (nSPS) is 17.8. The highest BCUT2D eigenvalue weighted by Gasteiger charge is 2.25. The average molecular weight is 437 g/mol. The second kappa shape index (κ2) is 9.23. The van der Waals surface area contributed by atoms with Crippen molar-refractivity contribution in [1.29, 1.82) is 0 Å². The lowest BCUT2D eigenvalue weighted by atomic mass is 10.1. The number of hydrogen-bond donors (Lipinski definition) is 1. The number of likely N-dealkylation sites (tertiary alicyclic amines) is 1. The van der Waals surface area contributed by atoms with Crippen molar-refractivity contribution in [2.75, 3.05) is 31.6 Å². The molecular formula is C22H23N5O5. The van der Waals surface area contributed by atoms with E-state index in [4.69, 9.17) is 18.7 Å². The first-order valence-corrected chi connectivity index (χ1v) is 10.5. The number of carbonyl (C=O) groups is 1. The maximum Gasteiger partial charge on any atom is 0.321 e. The Bertz CT molecular complexity index is 1070. The second-order valence-corrected chi connectivity index (χ2v) is 7.56. The van der Waals surface area contributed by atoms with E-state index in [-0.39, 0.29) is 18.7 Å². The fourth-order valence-electron chi connectivity index (χ4n) is 3.70. The Morgan fingerprint density at radius 3 is 2.88 bits per heavy atom. The van der Waals surface area contributed by atoms with E-state index in [0.29, 0.717) is 55.2 Å². The van der Waals surface area contributed by atoms with Crippen LogP contribution in [0.1, 0.15) is 18.7 Å². The van der Waals surface area contributed by atoms with E-state index in [0.717, 1.165) is 18.4 Å². The molecule has 1 saturated heterocycles. The Balaban J connectivity index is 1.14. The molecule has 1 unspecified atom stereocenters. The van der Waals surface area contributed by atoms with Gasteiger partial charge < -0.3 is 29.0 Å². The van der Waals surface area contributed by atoms with Crippen molar-refractivity contribution in [2.24, 2.45) is 0 Å². The van der Waals surface area contributed by atoms with E-state index in [9.17, 15) is 4.79 Å². The molecule has 32 heavy (non-hydrogen) atoms. The molecule has 0 aliphatic carbocycles. The summed E-state index contributed by atoms with van der Waals surface area (Å²) in [6, 6.07) is 8.82. The van der Waals surface area contributed by atoms with Gasteiger partial charge in [-0.05, 0) is 37.1 Å². The third-order valence-corrected chi connectivity index (χ3v) is 5.30. The first-order valence-electron chi connectivity index (χ1n) is 10.5. The summed E-state index contributed by atoms with van der Waals surface area (Å²) in [5.74, 6) is 2.22. The van der Waals surface area contributed by atoms with Crippen LogP contribution in [0.15, 0.2) is 47.2 Å². The van der Waals surface area contributed by atoms with Crippen LogP contribution in [0.3, 0.4) is 0 Å². The number of pyridine rings is 1. The Kier molecular flexibility index (Phi) is 5.84. The number of amides is 2. The topological polar surface area (TPSA) is 112 Å². The number of carbonyl (C=O) groups excluding carboxylic acids is 1. The smallest absolute Gasteiger partial charge is 0.321 e. The molecule has 2 aliphatic rings. The molecule has 5 rings (SSSR count). The maximum absolute atomic E-state index is 12.8. The van der Waals surface area contributed by atoms with E-state index in [1.807, 2.05) is 0 Å². The minimum Gasteiger partial charge on any atom is -0.486 e. The highest BCUT2D eigenvalue weighted by Crippen LogP contribution is 2.32. The van der Waals surface area contributed by atoms with Gasteiger partial charge in [-0.15, -0.1) is 0 Å². The molecule has 1 aromatic carbocycles. The van der Waals surface area contributed by atoms with Gasteiger partial charge in [-0.3, -0.25) is 4.98 Å². The van der Waals surface area contributed by atoms with Gasteiger partial charge in [-0.25, -0.2) is 4.79 Å². The predicted molar refractivity (Wildman–Crippen MR) is 113 cm³/mol. The first kappa shape index (κ1) is 20.3. The van der Waals surface area contributed by atoms with Crippen molar-refractivity contribution in [3.63, 3.8) is 0 Å². The third kappa shape index (κ3) is 4.65. The van der Waals surface area contributed by atoms with Crippen molar-refractivity contribution >= 4 is 11.7 Å². The van der Waals surface area contributed by atoms with Crippen LogP contribution in [0.4, 0.5) is 10.5 Å². The Labute approximate surface area is 184 Å². The number of ether oxygens (including phenoxy) is 3. The predicted octanol–water partition coefficient (Wildman–Crippen LogP) is 3.12. The number of nitrogens with one attached hydrogen (secondary N) is 1. The van der Waals surface area contributed by atoms with Crippen LogP contribution in [0.25, 0.3) is 11.5 Å². The number of aromatic nitrogens is 3. The van der Waals surface area contributed by atoms with E-state index in [1.54, 1.807) is 47.6 Å². The molecule has 4 heterocycles. The van der Waals surface area contributed by atoms with Crippen LogP contribution in [-0.2, 0) is 11.3 Å². The molecule has 0 saturated carbocycles. The second-order valence-electron chi connectivity index (χ2n) is 7.56. The molecule has 3 aromatic rings. The van der Waals surface area contributed by atoms with Crippen molar-refractivity contribution in [2.45, 2.75) is 25.6 Å². The SMILES string of the molecule is O=C(Nc1ccc2c(c1)OCCO2)N1CCCC(OCc2noc(-c3ccncc3)n2)C1.